The standard InChI is InChI=1S/C10H14/c1-3-5-7-9-10-8-6-4-2/h3,8-10H2,1-2H3. The average molecular weight is 134 g/mol. The van der Waals surface area contributed by atoms with E-state index in [2.05, 4.69) is 30.6 Å². The van der Waals surface area contributed by atoms with Gasteiger partial charge in [-0.15, -0.1) is 23.7 Å². The maximum Gasteiger partial charge on any atom is 0.00977 e. The lowest BCUT2D eigenvalue weighted by molar-refractivity contribution is 0.902. The second-order valence-corrected chi connectivity index (χ2v) is 1.99. The van der Waals surface area contributed by atoms with Gasteiger partial charge >= 0.3 is 0 Å². The SMILES string of the molecule is CC#CCCCC#CCC. The van der Waals surface area contributed by atoms with Gasteiger partial charge in [0.15, 0.2) is 0 Å². The first-order valence-corrected chi connectivity index (χ1v) is 3.77. The molecule has 0 amide bonds. The quantitative estimate of drug-likeness (QED) is 0.402. The molecule has 0 aliphatic rings. The highest BCUT2D eigenvalue weighted by Gasteiger charge is 1.77. The molecule has 0 aromatic rings. The zero-order chi connectivity index (χ0) is 7.66. The molecular weight excluding hydrogens is 120 g/mol. The Kier molecular flexibility index (Phi) is 7.41. The van der Waals surface area contributed by atoms with Gasteiger partial charge in [-0.25, -0.2) is 0 Å². The van der Waals surface area contributed by atoms with E-state index < -0.39 is 0 Å². The molecule has 10 heavy (non-hydrogen) atoms. The summed E-state index contributed by atoms with van der Waals surface area (Å²) in [5, 5.41) is 0. The smallest absolute Gasteiger partial charge is 0.00977 e. The largest absolute Gasteiger partial charge is 0.107 e. The molecule has 0 aromatic carbocycles. The van der Waals surface area contributed by atoms with Crippen LogP contribution in [0.5, 0.6) is 0 Å². The van der Waals surface area contributed by atoms with E-state index >= 15 is 0 Å². The van der Waals surface area contributed by atoms with E-state index in [1.165, 1.54) is 0 Å². The molecule has 0 saturated carbocycles. The average Bonchev–Trinajstić information content (AvgIpc) is 1.97. The summed E-state index contributed by atoms with van der Waals surface area (Å²) in [5.74, 6) is 12.0. The number of hydrogen-bond acceptors (Lipinski definition) is 0. The predicted octanol–water partition coefficient (Wildman–Crippen LogP) is 2.59. The predicted molar refractivity (Wildman–Crippen MR) is 45.4 cm³/mol. The second-order valence-electron chi connectivity index (χ2n) is 1.99. The van der Waals surface area contributed by atoms with Crippen LogP contribution in [0.2, 0.25) is 0 Å². The van der Waals surface area contributed by atoms with Crippen LogP contribution >= 0.6 is 0 Å². The first-order valence-electron chi connectivity index (χ1n) is 3.77. The van der Waals surface area contributed by atoms with Crippen LogP contribution in [0.4, 0.5) is 0 Å². The highest BCUT2D eigenvalue weighted by Crippen LogP contribution is 1.91. The summed E-state index contributed by atoms with van der Waals surface area (Å²) < 4.78 is 0. The summed E-state index contributed by atoms with van der Waals surface area (Å²) in [6, 6.07) is 0. The number of hydrogen-bond donors (Lipinski definition) is 0. The molecule has 0 fully saturated rings. The Morgan fingerprint density at radius 3 is 2.30 bits per heavy atom. The molecular formula is C10H14. The molecule has 0 bridgehead atoms. The fourth-order valence-corrected chi connectivity index (χ4v) is 0.604. The van der Waals surface area contributed by atoms with E-state index in [0.717, 1.165) is 25.7 Å². The highest BCUT2D eigenvalue weighted by atomic mass is 13.8. The molecule has 0 nitrogen and oxygen atoms in total. The van der Waals surface area contributed by atoms with Crippen LogP contribution < -0.4 is 0 Å². The summed E-state index contributed by atoms with van der Waals surface area (Å²) in [6.45, 7) is 3.94. The van der Waals surface area contributed by atoms with Crippen molar-refractivity contribution < 1.29 is 0 Å². The minimum atomic E-state index is 0.972. The van der Waals surface area contributed by atoms with Crippen LogP contribution in [-0.4, -0.2) is 0 Å². The minimum absolute atomic E-state index is 0.972. The normalized spacial score (nSPS) is 7.00. The Labute approximate surface area is 64.0 Å². The summed E-state index contributed by atoms with van der Waals surface area (Å²) >= 11 is 0. The second kappa shape index (κ2) is 8.12. The van der Waals surface area contributed by atoms with Gasteiger partial charge in [0.1, 0.15) is 0 Å². The van der Waals surface area contributed by atoms with Crippen molar-refractivity contribution in [1.82, 2.24) is 0 Å². The summed E-state index contributed by atoms with van der Waals surface area (Å²) in [7, 11) is 0. The molecule has 0 rings (SSSR count). The minimum Gasteiger partial charge on any atom is -0.107 e. The number of rotatable bonds is 2. The van der Waals surface area contributed by atoms with Crippen LogP contribution in [-0.2, 0) is 0 Å². The third kappa shape index (κ3) is 7.12. The fraction of sp³-hybridized carbons (Fsp3) is 0.600. The van der Waals surface area contributed by atoms with Crippen molar-refractivity contribution in [3.05, 3.63) is 0 Å². The van der Waals surface area contributed by atoms with Crippen LogP contribution in [0.1, 0.15) is 39.5 Å². The summed E-state index contributed by atoms with van der Waals surface area (Å²) in [4.78, 5) is 0. The van der Waals surface area contributed by atoms with E-state index in [4.69, 9.17) is 0 Å². The molecule has 0 aromatic heterocycles. The highest BCUT2D eigenvalue weighted by molar-refractivity contribution is 5.00. The van der Waals surface area contributed by atoms with Gasteiger partial charge in [-0.1, -0.05) is 6.92 Å². The Morgan fingerprint density at radius 2 is 1.70 bits per heavy atom. The van der Waals surface area contributed by atoms with Crippen LogP contribution in [0.3, 0.4) is 0 Å². The molecule has 0 N–H and O–H groups in total. The molecule has 0 atom stereocenters. The monoisotopic (exact) mass is 134 g/mol. The zero-order valence-corrected chi connectivity index (χ0v) is 6.83. The Bertz CT molecular complexity index is 168. The van der Waals surface area contributed by atoms with Gasteiger partial charge in [0, 0.05) is 19.3 Å². The molecule has 0 heteroatoms. The topological polar surface area (TPSA) is 0 Å². The third-order valence-corrected chi connectivity index (χ3v) is 1.08. The molecule has 0 aliphatic carbocycles. The Hall–Kier alpha value is -0.880. The molecule has 0 saturated heterocycles. The van der Waals surface area contributed by atoms with Crippen molar-refractivity contribution >= 4 is 0 Å². The fourth-order valence-electron chi connectivity index (χ4n) is 0.604. The first kappa shape index (κ1) is 9.12. The maximum absolute atomic E-state index is 3.08. The first-order chi connectivity index (χ1) is 4.91. The molecule has 0 heterocycles. The zero-order valence-electron chi connectivity index (χ0n) is 6.83. The molecule has 0 unspecified atom stereocenters. The van der Waals surface area contributed by atoms with E-state index in [1.54, 1.807) is 0 Å². The van der Waals surface area contributed by atoms with Gasteiger partial charge in [0.05, 0.1) is 0 Å². The Morgan fingerprint density at radius 1 is 1.00 bits per heavy atom. The van der Waals surface area contributed by atoms with Crippen LogP contribution in [0.15, 0.2) is 0 Å². The van der Waals surface area contributed by atoms with Crippen molar-refractivity contribution in [2.45, 2.75) is 39.5 Å². The van der Waals surface area contributed by atoms with Gasteiger partial charge < -0.3 is 0 Å². The molecule has 0 spiro atoms. The number of unbranched alkanes of at least 4 members (excludes halogenated alkanes) is 2. The van der Waals surface area contributed by atoms with E-state index in [1.807, 2.05) is 6.92 Å². The van der Waals surface area contributed by atoms with Gasteiger partial charge in [0.25, 0.3) is 0 Å². The van der Waals surface area contributed by atoms with Crippen LogP contribution in [0, 0.1) is 23.7 Å². The lowest BCUT2D eigenvalue weighted by Gasteiger charge is -1.82. The Balaban J connectivity index is 3.10. The van der Waals surface area contributed by atoms with Gasteiger partial charge in [-0.3, -0.25) is 0 Å². The van der Waals surface area contributed by atoms with Crippen molar-refractivity contribution in [2.24, 2.45) is 0 Å². The van der Waals surface area contributed by atoms with E-state index in [9.17, 15) is 0 Å². The lowest BCUT2D eigenvalue weighted by atomic mass is 10.2. The van der Waals surface area contributed by atoms with Crippen molar-refractivity contribution in [2.75, 3.05) is 0 Å². The van der Waals surface area contributed by atoms with Crippen molar-refractivity contribution in [1.29, 1.82) is 0 Å². The van der Waals surface area contributed by atoms with Crippen LogP contribution in [0.25, 0.3) is 0 Å². The molecule has 54 valence electrons. The summed E-state index contributed by atoms with van der Waals surface area (Å²) in [5.41, 5.74) is 0. The van der Waals surface area contributed by atoms with Gasteiger partial charge in [0.2, 0.25) is 0 Å². The maximum atomic E-state index is 3.08. The summed E-state index contributed by atoms with van der Waals surface area (Å²) in [6.07, 6.45) is 4.09. The van der Waals surface area contributed by atoms with Gasteiger partial charge in [-0.05, 0) is 13.3 Å². The van der Waals surface area contributed by atoms with Crippen molar-refractivity contribution in [3.63, 3.8) is 0 Å². The van der Waals surface area contributed by atoms with Crippen molar-refractivity contribution in [3.8, 4) is 23.7 Å². The van der Waals surface area contributed by atoms with Gasteiger partial charge in [-0.2, -0.15) is 0 Å². The van der Waals surface area contributed by atoms with E-state index in [-0.39, 0.29) is 0 Å². The third-order valence-electron chi connectivity index (χ3n) is 1.08. The lowest BCUT2D eigenvalue weighted by Crippen LogP contribution is -1.69. The van der Waals surface area contributed by atoms with E-state index in [0.29, 0.717) is 0 Å². The molecule has 0 aliphatic heterocycles. The molecule has 0 radical (unpaired) electrons.